The van der Waals surface area contributed by atoms with Crippen molar-refractivity contribution in [2.24, 2.45) is 30.5 Å². The molecule has 4 atom stereocenters. The summed E-state index contributed by atoms with van der Waals surface area (Å²) in [6, 6.07) is 20.1. The Morgan fingerprint density at radius 1 is 0.914 bits per heavy atom. The number of phenolic OH excluding ortho intramolecular Hbond substituents is 1. The normalized spacial score (nSPS) is 21.8. The number of likely N-dealkylation sites (tertiary alicyclic amines) is 3. The van der Waals surface area contributed by atoms with Crippen molar-refractivity contribution in [2.45, 2.75) is 134 Å². The molecule has 1 saturated carbocycles. The number of hydrogen-bond acceptors (Lipinski definition) is 14. The predicted octanol–water partition coefficient (Wildman–Crippen LogP) is 8.36. The quantitative estimate of drug-likeness (QED) is 0.0241. The van der Waals surface area contributed by atoms with Crippen LogP contribution in [0, 0.1) is 40.4 Å². The zero-order valence-corrected chi connectivity index (χ0v) is 48.3. The number of rotatable bonds is 18. The molecule has 81 heavy (non-hydrogen) atoms. The van der Waals surface area contributed by atoms with Gasteiger partial charge in [0.25, 0.3) is 0 Å². The number of nitrogens with one attached hydrogen (secondary N) is 3. The first kappa shape index (κ1) is 58.7. The van der Waals surface area contributed by atoms with Crippen LogP contribution in [0.25, 0.3) is 11.3 Å². The van der Waals surface area contributed by atoms with Crippen molar-refractivity contribution < 1.29 is 24.0 Å². The summed E-state index contributed by atoms with van der Waals surface area (Å²) in [5.41, 5.74) is 10.8. The largest absolute Gasteiger partial charge is 0.507 e. The zero-order valence-electron chi connectivity index (χ0n) is 48.3. The van der Waals surface area contributed by atoms with Gasteiger partial charge in [-0.05, 0) is 151 Å². The van der Waals surface area contributed by atoms with Gasteiger partial charge in [-0.2, -0.15) is 10.2 Å². The maximum absolute atomic E-state index is 13.5. The number of amidine groups is 1. The van der Waals surface area contributed by atoms with Gasteiger partial charge in [0.1, 0.15) is 23.8 Å². The van der Waals surface area contributed by atoms with E-state index in [2.05, 4.69) is 85.3 Å². The number of amides is 1. The average molecular weight is 1100 g/mol. The minimum Gasteiger partial charge on any atom is -0.507 e. The molecule has 10 rings (SSSR count). The summed E-state index contributed by atoms with van der Waals surface area (Å²) in [5, 5.41) is 42.9. The maximum Gasteiger partial charge on any atom is 0.234 e. The van der Waals surface area contributed by atoms with Gasteiger partial charge in [-0.15, -0.1) is 0 Å². The third-order valence-corrected chi connectivity index (χ3v) is 17.8. The number of aromatic nitrogens is 5. The second kappa shape index (κ2) is 27.2. The number of nitrogens with two attached hydrogens (primary N) is 1. The third-order valence-electron chi connectivity index (χ3n) is 17.8. The molecule has 5 aromatic rings. The van der Waals surface area contributed by atoms with E-state index in [4.69, 9.17) is 25.8 Å². The number of para-hydroxylation sites is 1. The van der Waals surface area contributed by atoms with Crippen molar-refractivity contribution in [3.05, 3.63) is 113 Å². The van der Waals surface area contributed by atoms with Gasteiger partial charge in [-0.25, -0.2) is 0 Å². The van der Waals surface area contributed by atoms with Gasteiger partial charge in [0.15, 0.2) is 11.6 Å². The molecule has 5 fully saturated rings. The number of hydrogen-bond donors (Lipinski definition) is 5. The minimum atomic E-state index is -0.449. The molecule has 4 aliphatic heterocycles. The molecule has 1 amide bonds. The Bertz CT molecular complexity index is 2990. The number of aldehydes is 1. The molecule has 18 nitrogen and oxygen atoms in total. The summed E-state index contributed by atoms with van der Waals surface area (Å²) in [5.74, 6) is 7.97. The lowest BCUT2D eigenvalue weighted by Crippen LogP contribution is -2.51. The lowest BCUT2D eigenvalue weighted by Gasteiger charge is -2.48. The Morgan fingerprint density at radius 3 is 2.26 bits per heavy atom. The molecule has 4 saturated heterocycles. The summed E-state index contributed by atoms with van der Waals surface area (Å²) in [7, 11) is 3.93. The molecule has 7 heterocycles. The van der Waals surface area contributed by atoms with Gasteiger partial charge >= 0.3 is 0 Å². The first-order valence-corrected chi connectivity index (χ1v) is 29.5. The van der Waals surface area contributed by atoms with Gasteiger partial charge in [-0.1, -0.05) is 67.2 Å². The monoisotopic (exact) mass is 1100 g/mol. The van der Waals surface area contributed by atoms with Crippen molar-refractivity contribution in [2.75, 3.05) is 64.3 Å². The van der Waals surface area contributed by atoms with Gasteiger partial charge in [0.2, 0.25) is 5.91 Å². The van der Waals surface area contributed by atoms with E-state index in [1.54, 1.807) is 29.3 Å². The van der Waals surface area contributed by atoms with Crippen molar-refractivity contribution in [1.82, 2.24) is 44.7 Å². The Hall–Kier alpha value is -6.91. The fraction of sp³-hybridized carbons (Fsp3) is 0.540. The van der Waals surface area contributed by atoms with Gasteiger partial charge in [0, 0.05) is 82.4 Å². The molecule has 18 heteroatoms. The molecule has 3 aromatic heterocycles. The number of benzene rings is 2. The Balaban J connectivity index is 0.000000424. The van der Waals surface area contributed by atoms with E-state index in [1.807, 2.05) is 61.8 Å². The smallest absolute Gasteiger partial charge is 0.234 e. The minimum absolute atomic E-state index is 0.00886. The molecular formula is C63H85N13O5. The summed E-state index contributed by atoms with van der Waals surface area (Å²) in [4.78, 5) is 34.4. The van der Waals surface area contributed by atoms with Crippen molar-refractivity contribution in [3.63, 3.8) is 0 Å². The molecule has 5 aliphatic rings. The van der Waals surface area contributed by atoms with E-state index in [9.17, 15) is 14.7 Å². The van der Waals surface area contributed by atoms with Crippen LogP contribution in [0.3, 0.4) is 0 Å². The molecule has 0 bridgehead atoms. The number of aryl methyl sites for hydroxylation is 1. The lowest BCUT2D eigenvalue weighted by atomic mass is 9.77. The highest BCUT2D eigenvalue weighted by atomic mass is 16.5. The van der Waals surface area contributed by atoms with E-state index >= 15 is 0 Å². The van der Waals surface area contributed by atoms with E-state index in [0.717, 1.165) is 120 Å². The first-order chi connectivity index (χ1) is 39.2. The summed E-state index contributed by atoms with van der Waals surface area (Å²) in [6.07, 6.45) is 18.9. The zero-order chi connectivity index (χ0) is 57.2. The number of carbonyl (C=O) groups is 2. The highest BCUT2D eigenvalue weighted by Gasteiger charge is 2.40. The van der Waals surface area contributed by atoms with Crippen LogP contribution in [0.4, 0.5) is 5.82 Å². The first-order valence-electron chi connectivity index (χ1n) is 29.5. The standard InChI is InChI=1S/C50H68N10O5.C13H17N3/c1-33(2)48(50(63)59-18-6-7-39(59)32-61)46-28-47(55-65-46)58-23-16-42(17-24-58)64-41-14-19-56(20-15-41)30-36-25-40(26-36)57-21-12-37(13-22-57)34(3)60-31-35(29-54-60)10-11-38(49(52)53)27-44(51)43-8-4-5-9-45(43)62;1-10(14-2)11-4-6-12(7-5-11)13-8-9-15-16(13)3/h4-5,8-9,27-29,31-34,36-37,39-42,48,51,62H,6-7,12-26,30H2,1-3H3,(H3,52,53);4-10,14H,1-3H3/b38-27-,51-44?;. The number of piperidine rings is 3. The highest BCUT2D eigenvalue weighted by Crippen LogP contribution is 2.38. The Labute approximate surface area is 478 Å². The number of phenols is 1. The Kier molecular flexibility index (Phi) is 19.8. The lowest BCUT2D eigenvalue weighted by molar-refractivity contribution is -0.137. The summed E-state index contributed by atoms with van der Waals surface area (Å²) >= 11 is 0. The number of ether oxygens (including phenoxy) is 1. The van der Waals surface area contributed by atoms with Gasteiger partial charge in [0.05, 0.1) is 53.0 Å². The van der Waals surface area contributed by atoms with Crippen LogP contribution in [-0.2, 0) is 21.4 Å². The fourth-order valence-electron chi connectivity index (χ4n) is 12.5. The number of allylic oxidation sites excluding steroid dienone is 1. The second-order valence-corrected chi connectivity index (χ2v) is 23.4. The highest BCUT2D eigenvalue weighted by molar-refractivity contribution is 6.14. The van der Waals surface area contributed by atoms with Crippen LogP contribution in [0.1, 0.15) is 132 Å². The van der Waals surface area contributed by atoms with Crippen molar-refractivity contribution >= 4 is 29.6 Å². The molecule has 432 valence electrons. The molecule has 0 radical (unpaired) electrons. The van der Waals surface area contributed by atoms with Gasteiger partial charge in [-0.3, -0.25) is 19.6 Å². The van der Waals surface area contributed by atoms with Gasteiger partial charge < -0.3 is 55.2 Å². The van der Waals surface area contributed by atoms with Crippen molar-refractivity contribution in [1.29, 1.82) is 10.8 Å². The fourth-order valence-corrected chi connectivity index (χ4v) is 12.5. The number of aromatic hydroxyl groups is 1. The van der Waals surface area contributed by atoms with Crippen LogP contribution >= 0.6 is 0 Å². The maximum atomic E-state index is 13.5. The molecule has 2 aromatic carbocycles. The SMILES string of the molecule is CC(C)C(C(=O)N1CCCC1C=O)c1cc(N2CCC(OC3CCN(CC4CC(N5CCC(C(C)n6cc(C#C/C(=C/C(=N)c7ccccc7O)C(=N)N)cn6)CC5)C4)CC3)CC2)no1.CNC(C)c1ccc(-c2ccnn2C)cc1. The summed E-state index contributed by atoms with van der Waals surface area (Å²) < 4.78 is 16.4. The number of anilines is 1. The molecule has 1 aliphatic carbocycles. The van der Waals surface area contributed by atoms with Crippen LogP contribution in [-0.4, -0.2) is 152 Å². The Morgan fingerprint density at radius 2 is 1.62 bits per heavy atom. The number of carbonyl (C=O) groups excluding carboxylic acids is 2. The van der Waals surface area contributed by atoms with E-state index < -0.39 is 5.92 Å². The predicted molar refractivity (Wildman–Crippen MR) is 316 cm³/mol. The third kappa shape index (κ3) is 14.6. The molecule has 4 unspecified atom stereocenters. The average Bonchev–Trinajstić information content (AvgIpc) is 4.50. The number of nitrogens with zero attached hydrogens (tertiary/aromatic N) is 9. The summed E-state index contributed by atoms with van der Waals surface area (Å²) in [6.45, 7) is 16.4. The van der Waals surface area contributed by atoms with E-state index in [0.29, 0.717) is 42.0 Å². The van der Waals surface area contributed by atoms with Crippen LogP contribution in [0.5, 0.6) is 5.75 Å². The van der Waals surface area contributed by atoms with E-state index in [-0.39, 0.29) is 52.9 Å². The molecular weight excluding hydrogens is 1020 g/mol. The second-order valence-electron chi connectivity index (χ2n) is 23.4. The molecule has 0 spiro atoms. The van der Waals surface area contributed by atoms with Crippen LogP contribution < -0.4 is 16.0 Å². The van der Waals surface area contributed by atoms with Crippen molar-refractivity contribution in [3.8, 4) is 28.8 Å². The van der Waals surface area contributed by atoms with E-state index in [1.165, 1.54) is 42.7 Å². The molecule has 6 N–H and O–H groups in total. The topological polar surface area (TPSA) is 224 Å². The van der Waals surface area contributed by atoms with Crippen LogP contribution in [0.2, 0.25) is 0 Å². The van der Waals surface area contributed by atoms with Crippen LogP contribution in [0.15, 0.2) is 95.4 Å².